The highest BCUT2D eigenvalue weighted by atomic mass is 19.4. The molecule has 0 N–H and O–H groups in total. The van der Waals surface area contributed by atoms with Crippen molar-refractivity contribution in [3.8, 4) is 11.1 Å². The number of carbonyl (C=O) groups excluding carboxylic acids is 1. The predicted octanol–water partition coefficient (Wildman–Crippen LogP) is 5.52. The number of hydrogen-bond donors (Lipinski definition) is 0. The molecule has 0 saturated heterocycles. The fourth-order valence-electron chi connectivity index (χ4n) is 1.99. The van der Waals surface area contributed by atoms with E-state index < -0.39 is 11.7 Å². The highest BCUT2D eigenvalue weighted by molar-refractivity contribution is 5.88. The largest absolute Gasteiger partial charge is 0.417 e. The van der Waals surface area contributed by atoms with Gasteiger partial charge in [-0.2, -0.15) is 13.2 Å². The highest BCUT2D eigenvalue weighted by Gasteiger charge is 2.33. The number of hydrogen-bond acceptors (Lipinski definition) is 1. The second-order valence-electron chi connectivity index (χ2n) is 4.25. The maximum absolute atomic E-state index is 13.0. The van der Waals surface area contributed by atoms with Gasteiger partial charge in [0.15, 0.2) is 6.29 Å². The number of halogens is 3. The van der Waals surface area contributed by atoms with Crippen LogP contribution in [0.1, 0.15) is 35.3 Å². The Morgan fingerprint density at radius 2 is 1.57 bits per heavy atom. The molecule has 2 aromatic rings. The molecule has 0 spiro atoms. The van der Waals surface area contributed by atoms with Crippen molar-refractivity contribution in [3.63, 3.8) is 0 Å². The van der Waals surface area contributed by atoms with Gasteiger partial charge in [0.25, 0.3) is 0 Å². The summed E-state index contributed by atoms with van der Waals surface area (Å²) in [7, 11) is 0. The maximum atomic E-state index is 13.0. The minimum Gasteiger partial charge on any atom is -0.298 e. The average molecular weight is 294 g/mol. The van der Waals surface area contributed by atoms with Gasteiger partial charge in [-0.25, -0.2) is 0 Å². The summed E-state index contributed by atoms with van der Waals surface area (Å²) in [6, 6.07) is 10.1. The molecule has 21 heavy (non-hydrogen) atoms. The summed E-state index contributed by atoms with van der Waals surface area (Å²) in [6.45, 7) is 5.78. The van der Waals surface area contributed by atoms with Gasteiger partial charge in [-0.15, -0.1) is 0 Å². The molecular weight excluding hydrogens is 277 g/mol. The van der Waals surface area contributed by atoms with Gasteiger partial charge in [-0.3, -0.25) is 4.79 Å². The average Bonchev–Trinajstić information content (AvgIpc) is 2.48. The van der Waals surface area contributed by atoms with Gasteiger partial charge >= 0.3 is 6.18 Å². The molecule has 0 aliphatic heterocycles. The number of carbonyl (C=O) groups is 1. The van der Waals surface area contributed by atoms with Gasteiger partial charge in [0.1, 0.15) is 0 Å². The van der Waals surface area contributed by atoms with E-state index in [1.54, 1.807) is 25.1 Å². The smallest absolute Gasteiger partial charge is 0.298 e. The molecule has 112 valence electrons. The SMILES string of the molecule is CC.Cc1ccc(-c2ccccc2C(F)(F)F)c(C=O)c1. The Hall–Kier alpha value is -2.10. The van der Waals surface area contributed by atoms with Crippen molar-refractivity contribution >= 4 is 6.29 Å². The van der Waals surface area contributed by atoms with E-state index in [-0.39, 0.29) is 11.1 Å². The van der Waals surface area contributed by atoms with Crippen LogP contribution in [0, 0.1) is 6.92 Å². The first-order chi connectivity index (χ1) is 9.93. The maximum Gasteiger partial charge on any atom is 0.417 e. The first kappa shape index (κ1) is 17.0. The zero-order chi connectivity index (χ0) is 16.0. The Morgan fingerprint density at radius 3 is 2.14 bits per heavy atom. The molecule has 0 atom stereocenters. The minimum absolute atomic E-state index is 0.0251. The molecule has 0 aromatic heterocycles. The molecule has 0 amide bonds. The van der Waals surface area contributed by atoms with Crippen LogP contribution in [-0.4, -0.2) is 6.29 Å². The van der Waals surface area contributed by atoms with Crippen LogP contribution in [-0.2, 0) is 6.18 Å². The number of aldehydes is 1. The molecule has 4 heteroatoms. The number of rotatable bonds is 2. The van der Waals surface area contributed by atoms with Crippen molar-refractivity contribution < 1.29 is 18.0 Å². The van der Waals surface area contributed by atoms with Crippen LogP contribution in [0.5, 0.6) is 0 Å². The Bertz CT molecular complexity index is 616. The summed E-state index contributed by atoms with van der Waals surface area (Å²) in [6.07, 6.45) is -3.86. The first-order valence-electron chi connectivity index (χ1n) is 6.66. The summed E-state index contributed by atoms with van der Waals surface area (Å²) in [5.74, 6) is 0. The van der Waals surface area contributed by atoms with Crippen LogP contribution >= 0.6 is 0 Å². The lowest BCUT2D eigenvalue weighted by Crippen LogP contribution is -2.07. The molecule has 0 unspecified atom stereocenters. The molecule has 2 aromatic carbocycles. The number of aryl methyl sites for hydroxylation is 1. The van der Waals surface area contributed by atoms with Crippen LogP contribution in [0.4, 0.5) is 13.2 Å². The third-order valence-electron chi connectivity index (χ3n) is 2.86. The van der Waals surface area contributed by atoms with E-state index in [0.29, 0.717) is 11.8 Å². The molecular formula is C17H17F3O. The van der Waals surface area contributed by atoms with Crippen molar-refractivity contribution in [1.82, 2.24) is 0 Å². The molecule has 0 saturated carbocycles. The van der Waals surface area contributed by atoms with Crippen molar-refractivity contribution in [2.24, 2.45) is 0 Å². The Kier molecular flexibility index (Phi) is 5.70. The fourth-order valence-corrected chi connectivity index (χ4v) is 1.99. The van der Waals surface area contributed by atoms with Crippen LogP contribution < -0.4 is 0 Å². The summed E-state index contributed by atoms with van der Waals surface area (Å²) >= 11 is 0. The monoisotopic (exact) mass is 294 g/mol. The standard InChI is InChI=1S/C15H11F3O.C2H6/c1-10-6-7-12(11(8-10)9-19)13-4-2-3-5-14(13)15(16,17)18;1-2/h2-9H,1H3;1-2H3. The summed E-state index contributed by atoms with van der Waals surface area (Å²) in [4.78, 5) is 11.0. The number of alkyl halides is 3. The van der Waals surface area contributed by atoms with Crippen LogP contribution in [0.15, 0.2) is 42.5 Å². The van der Waals surface area contributed by atoms with E-state index in [0.717, 1.165) is 11.6 Å². The molecule has 0 heterocycles. The van der Waals surface area contributed by atoms with E-state index in [1.165, 1.54) is 18.2 Å². The molecule has 0 fully saturated rings. The normalized spacial score (nSPS) is 10.6. The van der Waals surface area contributed by atoms with E-state index in [1.807, 2.05) is 13.8 Å². The summed E-state index contributed by atoms with van der Waals surface area (Å²) in [5.41, 5.74) is 0.680. The van der Waals surface area contributed by atoms with E-state index >= 15 is 0 Å². The predicted molar refractivity (Wildman–Crippen MR) is 78.4 cm³/mol. The first-order valence-corrected chi connectivity index (χ1v) is 6.66. The van der Waals surface area contributed by atoms with Crippen molar-refractivity contribution in [2.45, 2.75) is 26.9 Å². The zero-order valence-corrected chi connectivity index (χ0v) is 12.2. The third-order valence-corrected chi connectivity index (χ3v) is 2.86. The second kappa shape index (κ2) is 7.07. The summed E-state index contributed by atoms with van der Waals surface area (Å²) in [5, 5.41) is 0. The van der Waals surface area contributed by atoms with Crippen molar-refractivity contribution in [3.05, 3.63) is 59.2 Å². The van der Waals surface area contributed by atoms with Crippen LogP contribution in [0.3, 0.4) is 0 Å². The van der Waals surface area contributed by atoms with Crippen molar-refractivity contribution in [2.75, 3.05) is 0 Å². The Morgan fingerprint density at radius 1 is 0.952 bits per heavy atom. The topological polar surface area (TPSA) is 17.1 Å². The van der Waals surface area contributed by atoms with Gasteiger partial charge in [0.2, 0.25) is 0 Å². The zero-order valence-electron chi connectivity index (χ0n) is 12.2. The van der Waals surface area contributed by atoms with Gasteiger partial charge < -0.3 is 0 Å². The van der Waals surface area contributed by atoms with Gasteiger partial charge in [-0.05, 0) is 30.2 Å². The van der Waals surface area contributed by atoms with E-state index in [4.69, 9.17) is 0 Å². The quantitative estimate of drug-likeness (QED) is 0.666. The molecule has 0 aliphatic carbocycles. The van der Waals surface area contributed by atoms with Crippen LogP contribution in [0.25, 0.3) is 11.1 Å². The lowest BCUT2D eigenvalue weighted by atomic mass is 9.94. The summed E-state index contributed by atoms with van der Waals surface area (Å²) < 4.78 is 38.9. The molecule has 0 radical (unpaired) electrons. The molecule has 0 bridgehead atoms. The van der Waals surface area contributed by atoms with Gasteiger partial charge in [0.05, 0.1) is 5.56 Å². The molecule has 1 nitrogen and oxygen atoms in total. The van der Waals surface area contributed by atoms with Crippen LogP contribution in [0.2, 0.25) is 0 Å². The van der Waals surface area contributed by atoms with Gasteiger partial charge in [-0.1, -0.05) is 49.7 Å². The number of benzene rings is 2. The fraction of sp³-hybridized carbons (Fsp3) is 0.235. The lowest BCUT2D eigenvalue weighted by Gasteiger charge is -2.14. The highest BCUT2D eigenvalue weighted by Crippen LogP contribution is 2.37. The van der Waals surface area contributed by atoms with E-state index in [2.05, 4.69) is 0 Å². The van der Waals surface area contributed by atoms with E-state index in [9.17, 15) is 18.0 Å². The minimum atomic E-state index is -4.44. The molecule has 0 aliphatic rings. The second-order valence-corrected chi connectivity index (χ2v) is 4.25. The Balaban J connectivity index is 0.00000106. The van der Waals surface area contributed by atoms with Crippen molar-refractivity contribution in [1.29, 1.82) is 0 Å². The van der Waals surface area contributed by atoms with Gasteiger partial charge in [0, 0.05) is 5.56 Å². The molecule has 2 rings (SSSR count). The Labute approximate surface area is 122 Å². The lowest BCUT2D eigenvalue weighted by molar-refractivity contribution is -0.137. The third kappa shape index (κ3) is 3.94.